The third-order valence-electron chi connectivity index (χ3n) is 4.16. The van der Waals surface area contributed by atoms with Gasteiger partial charge in [-0.25, -0.2) is 9.78 Å². The number of aromatic nitrogens is 2. The lowest BCUT2D eigenvalue weighted by atomic mass is 9.89. The molecule has 6 heteroatoms. The number of nitrogens with one attached hydrogen (secondary N) is 3. The van der Waals surface area contributed by atoms with Crippen LogP contribution < -0.4 is 10.6 Å². The Morgan fingerprint density at radius 3 is 3.05 bits per heavy atom. The Balaban J connectivity index is 1.40. The first kappa shape index (κ1) is 13.4. The number of H-pyrrole nitrogens is 1. The van der Waals surface area contributed by atoms with Gasteiger partial charge in [0, 0.05) is 30.8 Å². The molecule has 0 bridgehead atoms. The van der Waals surface area contributed by atoms with Crippen LogP contribution in [0.15, 0.2) is 6.33 Å². The van der Waals surface area contributed by atoms with Gasteiger partial charge in [-0.05, 0) is 32.6 Å². The molecule has 0 aromatic carbocycles. The van der Waals surface area contributed by atoms with E-state index in [9.17, 15) is 4.79 Å². The molecule has 1 unspecified atom stereocenters. The second kappa shape index (κ2) is 5.83. The third kappa shape index (κ3) is 2.95. The summed E-state index contributed by atoms with van der Waals surface area (Å²) < 4.78 is 5.49. The van der Waals surface area contributed by atoms with Crippen molar-refractivity contribution in [3.8, 4) is 0 Å². The van der Waals surface area contributed by atoms with Crippen molar-refractivity contribution in [1.29, 1.82) is 0 Å². The molecule has 1 aromatic rings. The van der Waals surface area contributed by atoms with Gasteiger partial charge in [-0.1, -0.05) is 0 Å². The maximum absolute atomic E-state index is 11.9. The molecule has 1 saturated carbocycles. The number of rotatable bonds is 4. The second-order valence-electron chi connectivity index (χ2n) is 5.63. The maximum atomic E-state index is 11.9. The highest BCUT2D eigenvalue weighted by Crippen LogP contribution is 2.23. The number of imidazole rings is 1. The van der Waals surface area contributed by atoms with Gasteiger partial charge in [0.2, 0.25) is 0 Å². The van der Waals surface area contributed by atoms with Crippen LogP contribution in [0.25, 0.3) is 0 Å². The lowest BCUT2D eigenvalue weighted by molar-refractivity contribution is -0.00715. The largest absolute Gasteiger partial charge is 0.378 e. The van der Waals surface area contributed by atoms with Crippen LogP contribution in [0, 0.1) is 0 Å². The number of amides is 2. The molecule has 3 N–H and O–H groups in total. The van der Waals surface area contributed by atoms with Gasteiger partial charge in [-0.15, -0.1) is 0 Å². The number of aromatic amines is 1. The first-order chi connectivity index (χ1) is 9.74. The zero-order valence-corrected chi connectivity index (χ0v) is 11.8. The molecule has 1 aromatic heterocycles. The normalized spacial score (nSPS) is 28.4. The molecule has 3 rings (SSSR count). The van der Waals surface area contributed by atoms with E-state index in [1.54, 1.807) is 6.33 Å². The summed E-state index contributed by atoms with van der Waals surface area (Å²) in [6, 6.07) is 0.404. The topological polar surface area (TPSA) is 79.0 Å². The summed E-state index contributed by atoms with van der Waals surface area (Å²) in [6.45, 7) is 2.75. The van der Waals surface area contributed by atoms with E-state index >= 15 is 0 Å². The number of hydrogen-bond donors (Lipinski definition) is 3. The number of carbonyl (C=O) groups excluding carboxylic acids is 1. The van der Waals surface area contributed by atoms with Crippen LogP contribution in [-0.4, -0.2) is 40.8 Å². The number of fused-ring (bicyclic) bond motifs is 1. The fraction of sp³-hybridized carbons (Fsp3) is 0.714. The minimum absolute atomic E-state index is 0.0575. The Morgan fingerprint density at radius 2 is 2.25 bits per heavy atom. The quantitative estimate of drug-likeness (QED) is 0.772. The second-order valence-corrected chi connectivity index (χ2v) is 5.63. The molecule has 0 saturated heterocycles. The van der Waals surface area contributed by atoms with Gasteiger partial charge in [0.15, 0.2) is 0 Å². The molecule has 2 aliphatic rings. The predicted molar refractivity (Wildman–Crippen MR) is 74.5 cm³/mol. The van der Waals surface area contributed by atoms with E-state index in [-0.39, 0.29) is 18.1 Å². The lowest BCUT2D eigenvalue weighted by Gasteiger charge is -2.35. The molecular weight excluding hydrogens is 256 g/mol. The van der Waals surface area contributed by atoms with Crippen LogP contribution in [0.3, 0.4) is 0 Å². The molecule has 20 heavy (non-hydrogen) atoms. The van der Waals surface area contributed by atoms with E-state index in [4.69, 9.17) is 4.74 Å². The molecule has 1 heterocycles. The van der Waals surface area contributed by atoms with Crippen LogP contribution >= 0.6 is 0 Å². The third-order valence-corrected chi connectivity index (χ3v) is 4.16. The minimum Gasteiger partial charge on any atom is -0.378 e. The van der Waals surface area contributed by atoms with E-state index in [1.165, 1.54) is 0 Å². The number of aryl methyl sites for hydroxylation is 1. The molecular formula is C14H22N4O2. The van der Waals surface area contributed by atoms with Crippen molar-refractivity contribution in [3.05, 3.63) is 17.7 Å². The Bertz CT molecular complexity index is 467. The average Bonchev–Trinajstić information content (AvgIpc) is 2.83. The van der Waals surface area contributed by atoms with E-state index in [2.05, 4.69) is 20.6 Å². The molecule has 110 valence electrons. The number of hydrogen-bond acceptors (Lipinski definition) is 3. The number of carbonyl (C=O) groups is 1. The predicted octanol–water partition coefficient (Wildman–Crippen LogP) is 1.13. The summed E-state index contributed by atoms with van der Waals surface area (Å²) in [4.78, 5) is 19.4. The summed E-state index contributed by atoms with van der Waals surface area (Å²) in [5.74, 6) is 0. The van der Waals surface area contributed by atoms with Gasteiger partial charge in [0.1, 0.15) is 0 Å². The highest BCUT2D eigenvalue weighted by molar-refractivity contribution is 5.74. The summed E-state index contributed by atoms with van der Waals surface area (Å²) in [7, 11) is 0. The van der Waals surface area contributed by atoms with Gasteiger partial charge in [0.05, 0.1) is 18.1 Å². The smallest absolute Gasteiger partial charge is 0.315 e. The highest BCUT2D eigenvalue weighted by Gasteiger charge is 2.31. The Kier molecular flexibility index (Phi) is 3.91. The van der Waals surface area contributed by atoms with E-state index in [0.717, 1.165) is 50.1 Å². The standard InChI is InChI=1S/C14H22N4O2/c1-2-20-11-5-10(6-11)18-14(19)17-9-3-4-12-13(7-9)16-8-15-12/h8-11H,2-7H2,1H3,(H,15,16)(H2,17,18,19). The van der Waals surface area contributed by atoms with Crippen molar-refractivity contribution >= 4 is 6.03 Å². The van der Waals surface area contributed by atoms with Gasteiger partial charge < -0.3 is 20.4 Å². The van der Waals surface area contributed by atoms with Crippen LogP contribution in [0.1, 0.15) is 37.6 Å². The Labute approximate surface area is 118 Å². The lowest BCUT2D eigenvalue weighted by Crippen LogP contribution is -2.53. The van der Waals surface area contributed by atoms with Gasteiger partial charge in [-0.3, -0.25) is 0 Å². The van der Waals surface area contributed by atoms with Crippen molar-refractivity contribution in [2.45, 2.75) is 57.2 Å². The van der Waals surface area contributed by atoms with Crippen LogP contribution in [-0.2, 0) is 17.6 Å². The summed E-state index contributed by atoms with van der Waals surface area (Å²) in [5.41, 5.74) is 2.30. The molecule has 6 nitrogen and oxygen atoms in total. The minimum atomic E-state index is -0.0575. The summed E-state index contributed by atoms with van der Waals surface area (Å²) in [5, 5.41) is 6.07. The number of urea groups is 1. The SMILES string of the molecule is CCOC1CC(NC(=O)NC2CCc3nc[nH]c3C2)C1. The van der Waals surface area contributed by atoms with Crippen LogP contribution in [0.2, 0.25) is 0 Å². The monoisotopic (exact) mass is 278 g/mol. The summed E-state index contributed by atoms with van der Waals surface area (Å²) in [6.07, 6.45) is 6.64. The van der Waals surface area contributed by atoms with E-state index in [1.807, 2.05) is 6.92 Å². The maximum Gasteiger partial charge on any atom is 0.315 e. The zero-order valence-electron chi connectivity index (χ0n) is 11.8. The van der Waals surface area contributed by atoms with E-state index < -0.39 is 0 Å². The fourth-order valence-electron chi connectivity index (χ4n) is 2.99. The van der Waals surface area contributed by atoms with Crippen molar-refractivity contribution in [3.63, 3.8) is 0 Å². The molecule has 1 atom stereocenters. The first-order valence-corrected chi connectivity index (χ1v) is 7.44. The fourth-order valence-corrected chi connectivity index (χ4v) is 2.99. The number of ether oxygens (including phenoxy) is 1. The van der Waals surface area contributed by atoms with Crippen LogP contribution in [0.5, 0.6) is 0 Å². The van der Waals surface area contributed by atoms with Crippen molar-refractivity contribution in [1.82, 2.24) is 20.6 Å². The van der Waals surface area contributed by atoms with Crippen molar-refractivity contribution in [2.75, 3.05) is 6.61 Å². The molecule has 1 fully saturated rings. The average molecular weight is 278 g/mol. The molecule has 0 aliphatic heterocycles. The molecule has 2 aliphatic carbocycles. The number of nitrogens with zero attached hydrogens (tertiary/aromatic N) is 1. The van der Waals surface area contributed by atoms with Crippen LogP contribution in [0.4, 0.5) is 4.79 Å². The molecule has 2 amide bonds. The van der Waals surface area contributed by atoms with Crippen molar-refractivity contribution in [2.24, 2.45) is 0 Å². The van der Waals surface area contributed by atoms with Gasteiger partial charge >= 0.3 is 6.03 Å². The Morgan fingerprint density at radius 1 is 1.45 bits per heavy atom. The first-order valence-electron chi connectivity index (χ1n) is 7.44. The molecule has 0 spiro atoms. The molecule has 0 radical (unpaired) electrons. The van der Waals surface area contributed by atoms with Gasteiger partial charge in [-0.2, -0.15) is 0 Å². The Hall–Kier alpha value is -1.56. The highest BCUT2D eigenvalue weighted by atomic mass is 16.5. The zero-order chi connectivity index (χ0) is 13.9. The van der Waals surface area contributed by atoms with E-state index in [0.29, 0.717) is 6.10 Å². The van der Waals surface area contributed by atoms with Gasteiger partial charge in [0.25, 0.3) is 0 Å². The summed E-state index contributed by atoms with van der Waals surface area (Å²) >= 11 is 0. The van der Waals surface area contributed by atoms with Crippen molar-refractivity contribution < 1.29 is 9.53 Å².